The Labute approximate surface area is 685 Å². The molecule has 0 amide bonds. The van der Waals surface area contributed by atoms with Crippen LogP contribution in [0.5, 0.6) is 23.0 Å². The zero-order chi connectivity index (χ0) is 80.7. The average Bonchev–Trinajstić information content (AvgIpc) is 1.55. The smallest absolute Gasteiger partial charge is 0.373 e. The van der Waals surface area contributed by atoms with Crippen LogP contribution in [0.3, 0.4) is 0 Å². The summed E-state index contributed by atoms with van der Waals surface area (Å²) in [5.41, 5.74) is 7.53. The number of ether oxygens (including phenoxy) is 3. The maximum absolute atomic E-state index is 12.5. The molecule has 1 N–H and O–H groups in total. The number of carbonyl (C=O) groups is 4. The number of phenols is 1. The monoisotopic (exact) mass is 1810 g/mol. The van der Waals surface area contributed by atoms with Gasteiger partial charge < -0.3 is 44.4 Å². The van der Waals surface area contributed by atoms with Gasteiger partial charge in [0.15, 0.2) is 29.5 Å². The van der Waals surface area contributed by atoms with Crippen molar-refractivity contribution >= 4 is 152 Å². The van der Waals surface area contributed by atoms with Gasteiger partial charge >= 0.3 is 12.3 Å². The van der Waals surface area contributed by atoms with Crippen molar-refractivity contribution in [3.63, 3.8) is 0 Å². The number of aryl methyl sites for hydroxylation is 2. The van der Waals surface area contributed by atoms with Gasteiger partial charge in [-0.25, -0.2) is 25.3 Å². The maximum Gasteiger partial charge on any atom is 0.373 e. The molecular weight excluding hydrogens is 1720 g/mol. The minimum absolute atomic E-state index is 0. The molecule has 8 aromatic carbocycles. The second-order valence-electron chi connectivity index (χ2n) is 29.0. The summed E-state index contributed by atoms with van der Waals surface area (Å²) in [5, 5.41) is 22.2. The number of rotatable bonds is 18. The van der Waals surface area contributed by atoms with Crippen LogP contribution in [0, 0.1) is 7.43 Å². The van der Waals surface area contributed by atoms with E-state index in [2.05, 4.69) is 46.7 Å². The Balaban J connectivity index is 0.000000162. The van der Waals surface area contributed by atoms with Crippen LogP contribution in [0.4, 0.5) is 0 Å². The molecule has 5 fully saturated rings. The van der Waals surface area contributed by atoms with Gasteiger partial charge in [-0.15, -0.1) is 0 Å². The van der Waals surface area contributed by atoms with Crippen molar-refractivity contribution in [2.45, 2.75) is 89.9 Å². The summed E-state index contributed by atoms with van der Waals surface area (Å²) in [7, 11) is -8.58. The Kier molecular flexibility index (Phi) is 30.7. The van der Waals surface area contributed by atoms with Crippen molar-refractivity contribution in [3.05, 3.63) is 176 Å². The van der Waals surface area contributed by atoms with E-state index in [1.54, 1.807) is 24.7 Å². The number of Topliss-reactive ketones (excluding diaryl/α,β-unsaturated/α-hetero) is 4. The predicted octanol–water partition coefficient (Wildman–Crippen LogP) is 13.4. The van der Waals surface area contributed by atoms with Crippen LogP contribution in [0.2, 0.25) is 0 Å². The molecule has 7 heterocycles. The average molecular weight is 1810 g/mol. The minimum atomic E-state index is -2.88. The van der Waals surface area contributed by atoms with Gasteiger partial charge in [0.25, 0.3) is 0 Å². The number of ketones is 4. The van der Waals surface area contributed by atoms with E-state index in [-0.39, 0.29) is 123 Å². The molecule has 0 radical (unpaired) electrons. The molecule has 0 bridgehead atoms. The van der Waals surface area contributed by atoms with Crippen molar-refractivity contribution < 1.29 is 122 Å². The molecule has 25 nitrogen and oxygen atoms in total. The molecule has 612 valence electrons. The van der Waals surface area contributed by atoms with Gasteiger partial charge in [-0.2, -0.15) is 19.2 Å². The van der Waals surface area contributed by atoms with Crippen molar-refractivity contribution in [2.75, 3.05) is 113 Å². The van der Waals surface area contributed by atoms with E-state index in [1.807, 2.05) is 104 Å². The number of carbonyl (C=O) groups excluding carboxylic acids is 8. The van der Waals surface area contributed by atoms with Gasteiger partial charge in [0.05, 0.1) is 72.4 Å². The fraction of sp³-hybridized carbons (Fsp3) is 0.368. The molecular formula is C87H92N3O22S3W-. The minimum Gasteiger partial charge on any atom is -0.508 e. The fourth-order valence-electron chi connectivity index (χ4n) is 15.5. The van der Waals surface area contributed by atoms with Gasteiger partial charge in [0.1, 0.15) is 88.3 Å². The van der Waals surface area contributed by atoms with Crippen LogP contribution in [-0.2, 0) is 102 Å². The van der Waals surface area contributed by atoms with E-state index in [1.165, 1.54) is 27.3 Å². The summed E-state index contributed by atoms with van der Waals surface area (Å²) in [6, 6.07) is 39.2. The Hall–Kier alpha value is -9.98. The van der Waals surface area contributed by atoms with Crippen molar-refractivity contribution in [3.8, 4) is 23.0 Å². The summed E-state index contributed by atoms with van der Waals surface area (Å²) in [6.45, 7) is 11.4. The van der Waals surface area contributed by atoms with Gasteiger partial charge in [-0.1, -0.05) is 51.0 Å². The van der Waals surface area contributed by atoms with E-state index in [0.717, 1.165) is 131 Å². The van der Waals surface area contributed by atoms with E-state index in [9.17, 15) is 49.5 Å². The molecule has 116 heavy (non-hydrogen) atoms. The molecule has 0 spiro atoms. The first-order chi connectivity index (χ1) is 55.0. The number of aromatic hydroxyl groups is 1. The number of hydrogen-bond acceptors (Lipinski definition) is 25. The predicted molar refractivity (Wildman–Crippen MR) is 436 cm³/mol. The van der Waals surface area contributed by atoms with Crippen LogP contribution in [0.1, 0.15) is 99.3 Å². The Bertz CT molecular complexity index is 5720. The van der Waals surface area contributed by atoms with Crippen LogP contribution < -0.4 is 14.2 Å². The van der Waals surface area contributed by atoms with Gasteiger partial charge in [0.2, 0.25) is 0 Å². The van der Waals surface area contributed by atoms with Crippen LogP contribution >= 0.6 is 0 Å². The third kappa shape index (κ3) is 22.0. The van der Waals surface area contributed by atoms with Crippen LogP contribution in [0.25, 0.3) is 87.0 Å². The van der Waals surface area contributed by atoms with E-state index < -0.39 is 29.5 Å². The second-order valence-corrected chi connectivity index (χ2v) is 35.9. The molecule has 5 aliphatic rings. The van der Waals surface area contributed by atoms with E-state index in [4.69, 9.17) is 51.1 Å². The molecule has 3 aliphatic heterocycles. The van der Waals surface area contributed by atoms with E-state index in [0.29, 0.717) is 104 Å². The van der Waals surface area contributed by atoms with Crippen LogP contribution in [0.15, 0.2) is 164 Å². The zero-order valence-corrected chi connectivity index (χ0v) is 70.2. The molecule has 29 heteroatoms. The Morgan fingerprint density at radius 1 is 0.414 bits per heavy atom. The molecule has 4 aromatic heterocycles. The molecule has 12 aromatic rings. The first-order valence-electron chi connectivity index (χ1n) is 38.1. The number of sulfone groups is 3. The number of furan rings is 4. The number of fused-ring (bicyclic) bond motifs is 12. The zero-order valence-electron chi connectivity index (χ0n) is 64.8. The summed E-state index contributed by atoms with van der Waals surface area (Å²) in [5.74, 6) is 3.33. The van der Waals surface area contributed by atoms with Gasteiger partial charge in [-0.05, 0) is 177 Å². The largest absolute Gasteiger partial charge is 0.508 e. The van der Waals surface area contributed by atoms with Gasteiger partial charge in [0, 0.05) is 137 Å². The molecule has 2 unspecified atom stereocenters. The Morgan fingerprint density at radius 3 is 1.03 bits per heavy atom. The number of hydrogen-bond donors (Lipinski definition) is 1. The first-order valence-corrected chi connectivity index (χ1v) is 43.6. The number of phenolic OH excluding ortho intramolecular Hbond substituents is 1. The SMILES string of the molecule is CCCc1coc2ccc3cc(O)ccc3c12.CCCc1coc2ccc3cc(OCCN4CCS(=O)(=O)CC4)ccc3c12.O=C1CCC(c2coc3ccc4cc(OCCN5CCS(=O)(=O)CC5)ccc4c23)C(=O)C1.O=C1CCC(c2coc3ccc4cc(OCCN5CCS(=O)(=O)CC5)ccc4c23)C(=O)C1.O=C=O.O=C=O.[CH3-].[W]. The van der Waals surface area contributed by atoms with E-state index >= 15 is 0 Å². The first kappa shape index (κ1) is 88.4. The summed E-state index contributed by atoms with van der Waals surface area (Å²) < 4.78 is 110. The summed E-state index contributed by atoms with van der Waals surface area (Å²) >= 11 is 0. The van der Waals surface area contributed by atoms with Crippen molar-refractivity contribution in [1.29, 1.82) is 0 Å². The topological polar surface area (TPSA) is 349 Å². The third-order valence-corrected chi connectivity index (χ3v) is 26.2. The summed E-state index contributed by atoms with van der Waals surface area (Å²) in [6.07, 6.45) is 13.7. The quantitative estimate of drug-likeness (QED) is 0.0616. The third-order valence-electron chi connectivity index (χ3n) is 21.4. The number of benzene rings is 8. The molecule has 2 saturated carbocycles. The fourth-order valence-corrected chi connectivity index (χ4v) is 19.3. The molecule has 2 aliphatic carbocycles. The molecule has 17 rings (SSSR count). The second kappa shape index (κ2) is 40.3. The van der Waals surface area contributed by atoms with Crippen LogP contribution in [-0.4, -0.2) is 194 Å². The van der Waals surface area contributed by atoms with Crippen molar-refractivity contribution in [2.24, 2.45) is 0 Å². The Morgan fingerprint density at radius 2 is 0.707 bits per heavy atom. The summed E-state index contributed by atoms with van der Waals surface area (Å²) in [4.78, 5) is 87.1. The standard InChI is InChI=1S/2C24H25NO6S.C21H25NO4S.C15H14O2.2CO2.CH3.W/c2*26-17-2-4-20(22(27)14-17)21-15-31-23-6-1-16-13-18(3-5-19(16)24(21)23)30-10-7-25-8-11-32(28,29)12-9-25;1-2-3-17-15-26-20-7-4-16-14-18(5-6-19(16)21(17)20)25-11-8-22-9-12-27(23,24)13-10-22;1-2-3-11-9-17-14-7-4-10-8-12(16)5-6-13(10)15(11)14;2*2-1-3;;/h2*1,3,5-6,13,15,20H,2,4,7-12,14H2;4-7,14-15H,2-3,8-13H2,1H3;4-9,16H,2-3H2,1H3;;;1H3;/q;;;;;;-1;. The number of nitrogens with zero attached hydrogens (tertiary/aromatic N) is 3. The van der Waals surface area contributed by atoms with Gasteiger partial charge in [-0.3, -0.25) is 33.9 Å². The normalized spacial score (nSPS) is 18.0. The molecule has 2 atom stereocenters. The molecule has 3 saturated heterocycles. The van der Waals surface area contributed by atoms with Crippen molar-refractivity contribution in [1.82, 2.24) is 14.7 Å². The maximum atomic E-state index is 12.5.